The SMILES string of the molecule is CC1=CC=CC2[CH]([Zr+2])C3(C)C4(C)C=CC=CC4(C)C4(C)C=CC=CC4(C)C3(C)C12C.[Cl-].[Cl-]. The minimum Gasteiger partial charge on any atom is -1.00 e. The fraction of sp³-hybridized carbons (Fsp3) is 0.586. The molecule has 0 bridgehead atoms. The predicted molar refractivity (Wildman–Crippen MR) is 123 cm³/mol. The van der Waals surface area contributed by atoms with Crippen molar-refractivity contribution in [1.29, 1.82) is 0 Å². The fourth-order valence-electron chi connectivity index (χ4n) is 9.76. The maximum atomic E-state index is 2.68. The van der Waals surface area contributed by atoms with Gasteiger partial charge in [-0.1, -0.05) is 0 Å². The first-order chi connectivity index (χ1) is 13.8. The van der Waals surface area contributed by atoms with Crippen LogP contribution in [-0.4, -0.2) is 0 Å². The topological polar surface area (TPSA) is 0 Å². The number of fused-ring (bicyclic) bond motifs is 8. The van der Waals surface area contributed by atoms with Crippen LogP contribution in [0.15, 0.2) is 72.4 Å². The summed E-state index contributed by atoms with van der Waals surface area (Å²) in [7, 11) is 0. The van der Waals surface area contributed by atoms with Gasteiger partial charge in [-0.3, -0.25) is 0 Å². The van der Waals surface area contributed by atoms with Crippen LogP contribution < -0.4 is 24.8 Å². The molecule has 171 valence electrons. The smallest absolute Gasteiger partial charge is 1.00 e. The zero-order valence-corrected chi connectivity index (χ0v) is 24.7. The van der Waals surface area contributed by atoms with Crippen LogP contribution in [0.25, 0.3) is 0 Å². The minimum atomic E-state index is 0. The molecule has 0 amide bonds. The maximum Gasteiger partial charge on any atom is -1.00 e. The molecule has 0 heterocycles. The number of rotatable bonds is 0. The fourth-order valence-corrected chi connectivity index (χ4v) is 12.3. The molecule has 0 aromatic heterocycles. The molecule has 9 atom stereocenters. The van der Waals surface area contributed by atoms with Crippen LogP contribution in [0.1, 0.15) is 55.4 Å². The Morgan fingerprint density at radius 3 is 1.62 bits per heavy atom. The molecule has 0 spiro atoms. The van der Waals surface area contributed by atoms with E-state index < -0.39 is 0 Å². The molecule has 0 aliphatic heterocycles. The van der Waals surface area contributed by atoms with Crippen LogP contribution in [0.3, 0.4) is 0 Å². The molecule has 0 nitrogen and oxygen atoms in total. The first-order valence-electron chi connectivity index (χ1n) is 11.6. The summed E-state index contributed by atoms with van der Waals surface area (Å²) in [5.74, 6) is 0.592. The zero-order valence-electron chi connectivity index (χ0n) is 20.8. The number of allylic oxidation sites excluding steroid dienone is 12. The van der Waals surface area contributed by atoms with Crippen molar-refractivity contribution < 1.29 is 49.5 Å². The molecule has 2 saturated carbocycles. The van der Waals surface area contributed by atoms with Gasteiger partial charge < -0.3 is 24.8 Å². The third-order valence-corrected chi connectivity index (χ3v) is 14.8. The maximum absolute atomic E-state index is 2.68. The van der Waals surface area contributed by atoms with Gasteiger partial charge in [0.1, 0.15) is 0 Å². The molecule has 0 N–H and O–H groups in total. The molecule has 3 heteroatoms. The van der Waals surface area contributed by atoms with Gasteiger partial charge in [-0.2, -0.15) is 0 Å². The van der Waals surface area contributed by atoms with Gasteiger partial charge >= 0.3 is 200 Å². The standard InChI is InChI=1S/C29H37.2ClH.Zr/c1-21-14-13-15-22-20-27(6)25(4)18-10-9-16-23(25,2)24(3)17-11-12-19-26(24,5)29(27,8)28(21,22)7;;;/h9-20,22H,1-8H3;2*1H;/q;;;+2/p-2. The summed E-state index contributed by atoms with van der Waals surface area (Å²) in [6, 6.07) is 0. The first kappa shape index (κ1) is 26.5. The quantitative estimate of drug-likeness (QED) is 0.434. The Labute approximate surface area is 223 Å². The van der Waals surface area contributed by atoms with Crippen molar-refractivity contribution in [2.45, 2.75) is 59.0 Å². The van der Waals surface area contributed by atoms with Crippen molar-refractivity contribution in [2.75, 3.05) is 0 Å². The second-order valence-corrected chi connectivity index (χ2v) is 13.5. The normalized spacial score (nSPS) is 56.2. The summed E-state index contributed by atoms with van der Waals surface area (Å²) in [6.07, 6.45) is 27.0. The van der Waals surface area contributed by atoms with Crippen LogP contribution in [0.5, 0.6) is 0 Å². The molecule has 0 radical (unpaired) electrons. The third kappa shape index (κ3) is 2.11. The zero-order chi connectivity index (χ0) is 22.0. The van der Waals surface area contributed by atoms with Crippen molar-refractivity contribution in [3.05, 3.63) is 72.4 Å². The van der Waals surface area contributed by atoms with E-state index in [0.29, 0.717) is 9.54 Å². The Bertz CT molecular complexity index is 1020. The van der Waals surface area contributed by atoms with Gasteiger partial charge in [-0.25, -0.2) is 0 Å². The van der Waals surface area contributed by atoms with Gasteiger partial charge in [-0.15, -0.1) is 0 Å². The van der Waals surface area contributed by atoms with Crippen molar-refractivity contribution >= 4 is 0 Å². The van der Waals surface area contributed by atoms with E-state index >= 15 is 0 Å². The Morgan fingerprint density at radius 1 is 0.656 bits per heavy atom. The number of hydrogen-bond acceptors (Lipinski definition) is 0. The third-order valence-electron chi connectivity index (χ3n) is 12.5. The van der Waals surface area contributed by atoms with Gasteiger partial charge in [0.25, 0.3) is 0 Å². The molecular formula is C29H37Cl2Zr. The van der Waals surface area contributed by atoms with Crippen molar-refractivity contribution in [3.8, 4) is 0 Å². The molecule has 0 aromatic rings. The van der Waals surface area contributed by atoms with Crippen LogP contribution in [0.4, 0.5) is 0 Å². The van der Waals surface area contributed by atoms with Crippen LogP contribution in [0, 0.1) is 43.8 Å². The summed E-state index contributed by atoms with van der Waals surface area (Å²) < 4.78 is 0.667. The van der Waals surface area contributed by atoms with E-state index in [4.69, 9.17) is 0 Å². The second-order valence-electron chi connectivity index (χ2n) is 12.0. The van der Waals surface area contributed by atoms with Crippen LogP contribution in [-0.2, 0) is 24.7 Å². The van der Waals surface area contributed by atoms with E-state index in [-0.39, 0.29) is 62.7 Å². The van der Waals surface area contributed by atoms with E-state index in [1.54, 1.807) is 30.3 Å². The van der Waals surface area contributed by atoms with Crippen LogP contribution >= 0.6 is 0 Å². The molecular weight excluding hydrogens is 510 g/mol. The molecule has 0 saturated heterocycles. The van der Waals surface area contributed by atoms with Crippen LogP contribution in [0.2, 0.25) is 3.63 Å². The predicted octanol–water partition coefficient (Wildman–Crippen LogP) is 1.79. The van der Waals surface area contributed by atoms with Gasteiger partial charge in [0.15, 0.2) is 0 Å². The van der Waals surface area contributed by atoms with E-state index in [2.05, 4.69) is 122 Å². The summed E-state index contributed by atoms with van der Waals surface area (Å²) in [6.45, 7) is 20.7. The molecule has 5 rings (SSSR count). The Morgan fingerprint density at radius 2 is 1.09 bits per heavy atom. The monoisotopic (exact) mass is 545 g/mol. The van der Waals surface area contributed by atoms with E-state index in [0.717, 1.165) is 0 Å². The molecule has 5 aliphatic rings. The van der Waals surface area contributed by atoms with Crippen molar-refractivity contribution in [1.82, 2.24) is 0 Å². The van der Waals surface area contributed by atoms with Gasteiger partial charge in [0.2, 0.25) is 0 Å². The summed E-state index contributed by atoms with van der Waals surface area (Å²) in [5, 5.41) is 0. The minimum absolute atomic E-state index is 0. The van der Waals surface area contributed by atoms with Gasteiger partial charge in [0.05, 0.1) is 0 Å². The molecule has 9 unspecified atom stereocenters. The van der Waals surface area contributed by atoms with Crippen molar-refractivity contribution in [3.63, 3.8) is 0 Å². The first-order valence-corrected chi connectivity index (χ1v) is 13.1. The van der Waals surface area contributed by atoms with E-state index in [9.17, 15) is 0 Å². The average molecular weight is 548 g/mol. The Hall–Kier alpha value is -0.0969. The van der Waals surface area contributed by atoms with Gasteiger partial charge in [0, 0.05) is 0 Å². The molecule has 0 aromatic carbocycles. The van der Waals surface area contributed by atoms with Crippen molar-refractivity contribution in [2.24, 2.45) is 43.8 Å². The molecule has 5 aliphatic carbocycles. The molecule has 32 heavy (non-hydrogen) atoms. The Balaban J connectivity index is 0.00000144. The second kappa shape index (κ2) is 7.21. The van der Waals surface area contributed by atoms with E-state index in [1.807, 2.05) is 0 Å². The largest absolute Gasteiger partial charge is 1.00 e. The summed E-state index contributed by atoms with van der Waals surface area (Å²) in [4.78, 5) is 0. The van der Waals surface area contributed by atoms with E-state index in [1.165, 1.54) is 0 Å². The average Bonchev–Trinajstić information content (AvgIpc) is 2.85. The summed E-state index contributed by atoms with van der Waals surface area (Å²) >= 11 is 1.69. The number of halogens is 2. The molecule has 2 fully saturated rings. The Kier molecular flexibility index (Phi) is 5.97. The van der Waals surface area contributed by atoms with Gasteiger partial charge in [-0.05, 0) is 0 Å². The summed E-state index contributed by atoms with van der Waals surface area (Å²) in [5.41, 5.74) is 2.12. The number of hydrogen-bond donors (Lipinski definition) is 0.